The van der Waals surface area contributed by atoms with Gasteiger partial charge in [0, 0.05) is 38.3 Å². The highest BCUT2D eigenvalue weighted by Gasteiger charge is 2.30. The molecule has 0 spiro atoms. The summed E-state index contributed by atoms with van der Waals surface area (Å²) in [7, 11) is 1.92. The smallest absolute Gasteiger partial charge is 0.0585 e. The van der Waals surface area contributed by atoms with E-state index in [1.54, 1.807) is 0 Å². The largest absolute Gasteiger partial charge is 0.395 e. The fourth-order valence-corrected chi connectivity index (χ4v) is 2.46. The second-order valence-corrected chi connectivity index (χ2v) is 5.07. The molecule has 0 aromatic carbocycles. The van der Waals surface area contributed by atoms with Crippen LogP contribution in [0.3, 0.4) is 0 Å². The molecule has 2 rings (SSSR count). The molecule has 1 unspecified atom stereocenters. The van der Waals surface area contributed by atoms with Crippen LogP contribution in [0.25, 0.3) is 0 Å². The number of nitrogens with one attached hydrogen (secondary N) is 1. The maximum atomic E-state index is 9.09. The van der Waals surface area contributed by atoms with E-state index in [0.29, 0.717) is 0 Å². The Morgan fingerprint density at radius 2 is 1.94 bits per heavy atom. The van der Waals surface area contributed by atoms with Gasteiger partial charge >= 0.3 is 0 Å². The van der Waals surface area contributed by atoms with E-state index in [9.17, 15) is 0 Å². The molecule has 0 aromatic rings. The fourth-order valence-electron chi connectivity index (χ4n) is 2.46. The molecule has 94 valence electrons. The normalized spacial score (nSPS) is 25.9. The summed E-state index contributed by atoms with van der Waals surface area (Å²) < 4.78 is 0. The quantitative estimate of drug-likeness (QED) is 0.655. The SMILES string of the molecule is CNC(CO)CCN1CCN(C2CC2)CC1. The van der Waals surface area contributed by atoms with Crippen molar-refractivity contribution >= 4 is 0 Å². The molecule has 4 nitrogen and oxygen atoms in total. The van der Waals surface area contributed by atoms with Gasteiger partial charge in [0.2, 0.25) is 0 Å². The van der Waals surface area contributed by atoms with Gasteiger partial charge in [0.1, 0.15) is 0 Å². The fraction of sp³-hybridized carbons (Fsp3) is 1.00. The number of nitrogens with zero attached hydrogens (tertiary/aromatic N) is 2. The minimum absolute atomic E-state index is 0.249. The highest BCUT2D eigenvalue weighted by molar-refractivity contribution is 4.87. The maximum absolute atomic E-state index is 9.09. The number of hydrogen-bond acceptors (Lipinski definition) is 4. The second kappa shape index (κ2) is 5.96. The molecule has 2 fully saturated rings. The predicted octanol–water partition coefficient (Wildman–Crippen LogP) is -0.263. The van der Waals surface area contributed by atoms with E-state index in [1.807, 2.05) is 7.05 Å². The van der Waals surface area contributed by atoms with Crippen LogP contribution in [0.5, 0.6) is 0 Å². The molecule has 0 aromatic heterocycles. The summed E-state index contributed by atoms with van der Waals surface area (Å²) in [4.78, 5) is 5.16. The van der Waals surface area contributed by atoms with Gasteiger partial charge < -0.3 is 15.3 Å². The van der Waals surface area contributed by atoms with Crippen molar-refractivity contribution in [2.45, 2.75) is 31.3 Å². The van der Waals surface area contributed by atoms with E-state index < -0.39 is 0 Å². The molecule has 1 saturated carbocycles. The van der Waals surface area contributed by atoms with Crippen molar-refractivity contribution in [3.63, 3.8) is 0 Å². The van der Waals surface area contributed by atoms with Crippen molar-refractivity contribution in [1.29, 1.82) is 0 Å². The Balaban J connectivity index is 1.60. The first kappa shape index (κ1) is 12.3. The number of rotatable bonds is 6. The number of aliphatic hydroxyl groups excluding tert-OH is 1. The third kappa shape index (κ3) is 3.42. The van der Waals surface area contributed by atoms with Crippen LogP contribution in [-0.4, -0.2) is 73.4 Å². The Labute approximate surface area is 98.6 Å². The van der Waals surface area contributed by atoms with Gasteiger partial charge in [-0.25, -0.2) is 0 Å². The van der Waals surface area contributed by atoms with Crippen LogP contribution in [0.4, 0.5) is 0 Å². The van der Waals surface area contributed by atoms with Crippen LogP contribution >= 0.6 is 0 Å². The van der Waals surface area contributed by atoms with Gasteiger partial charge in [-0.2, -0.15) is 0 Å². The molecule has 0 amide bonds. The number of aliphatic hydroxyl groups is 1. The van der Waals surface area contributed by atoms with E-state index >= 15 is 0 Å². The molecule has 16 heavy (non-hydrogen) atoms. The summed E-state index contributed by atoms with van der Waals surface area (Å²) in [5.74, 6) is 0. The average molecular weight is 227 g/mol. The number of likely N-dealkylation sites (N-methyl/N-ethyl adjacent to an activating group) is 1. The lowest BCUT2D eigenvalue weighted by Gasteiger charge is -2.35. The molecule has 1 heterocycles. The molecule has 4 heteroatoms. The Kier molecular flexibility index (Phi) is 4.58. The lowest BCUT2D eigenvalue weighted by Crippen LogP contribution is -2.48. The van der Waals surface area contributed by atoms with Crippen LogP contribution in [0.15, 0.2) is 0 Å². The standard InChI is InChI=1S/C12H25N3O/c1-13-11(10-16)4-5-14-6-8-15(9-7-14)12-2-3-12/h11-13,16H,2-10H2,1H3. The highest BCUT2D eigenvalue weighted by Crippen LogP contribution is 2.27. The average Bonchev–Trinajstić information content (AvgIpc) is 3.15. The van der Waals surface area contributed by atoms with E-state index in [2.05, 4.69) is 15.1 Å². The van der Waals surface area contributed by atoms with Gasteiger partial charge in [-0.15, -0.1) is 0 Å². The molecule has 0 radical (unpaired) electrons. The zero-order valence-corrected chi connectivity index (χ0v) is 10.4. The molecule has 1 aliphatic heterocycles. The summed E-state index contributed by atoms with van der Waals surface area (Å²) in [6, 6.07) is 1.19. The third-order valence-corrected chi connectivity index (χ3v) is 3.89. The van der Waals surface area contributed by atoms with Crippen molar-refractivity contribution in [3.8, 4) is 0 Å². The van der Waals surface area contributed by atoms with Gasteiger partial charge in [-0.05, 0) is 32.9 Å². The van der Waals surface area contributed by atoms with Crippen molar-refractivity contribution in [1.82, 2.24) is 15.1 Å². The van der Waals surface area contributed by atoms with Gasteiger partial charge in [-0.3, -0.25) is 4.90 Å². The Hall–Kier alpha value is -0.160. The minimum Gasteiger partial charge on any atom is -0.395 e. The summed E-state index contributed by atoms with van der Waals surface area (Å²) in [5, 5.41) is 12.2. The van der Waals surface area contributed by atoms with Crippen molar-refractivity contribution in [2.24, 2.45) is 0 Å². The van der Waals surface area contributed by atoms with Crippen LogP contribution in [-0.2, 0) is 0 Å². The first-order chi connectivity index (χ1) is 7.83. The molecule has 1 aliphatic carbocycles. The Morgan fingerprint density at radius 3 is 2.44 bits per heavy atom. The van der Waals surface area contributed by atoms with Crippen molar-refractivity contribution < 1.29 is 5.11 Å². The lowest BCUT2D eigenvalue weighted by atomic mass is 10.2. The van der Waals surface area contributed by atoms with E-state index in [4.69, 9.17) is 5.11 Å². The highest BCUT2D eigenvalue weighted by atomic mass is 16.3. The zero-order valence-electron chi connectivity index (χ0n) is 10.4. The summed E-state index contributed by atoms with van der Waals surface area (Å²) >= 11 is 0. The zero-order chi connectivity index (χ0) is 11.4. The molecule has 1 atom stereocenters. The van der Waals surface area contributed by atoms with Crippen LogP contribution in [0, 0.1) is 0 Å². The topological polar surface area (TPSA) is 38.7 Å². The number of hydrogen-bond donors (Lipinski definition) is 2. The molecule has 2 N–H and O–H groups in total. The molecular formula is C12H25N3O. The summed E-state index contributed by atoms with van der Waals surface area (Å²) in [6.45, 7) is 6.27. The third-order valence-electron chi connectivity index (χ3n) is 3.89. The minimum atomic E-state index is 0.249. The van der Waals surface area contributed by atoms with Gasteiger partial charge in [0.05, 0.1) is 6.61 Å². The predicted molar refractivity (Wildman–Crippen MR) is 65.6 cm³/mol. The van der Waals surface area contributed by atoms with Gasteiger partial charge in [0.15, 0.2) is 0 Å². The van der Waals surface area contributed by atoms with Crippen molar-refractivity contribution in [2.75, 3.05) is 46.4 Å². The summed E-state index contributed by atoms with van der Waals surface area (Å²) in [6.07, 6.45) is 3.90. The van der Waals surface area contributed by atoms with Crippen LogP contribution in [0.2, 0.25) is 0 Å². The van der Waals surface area contributed by atoms with E-state index in [-0.39, 0.29) is 12.6 Å². The Morgan fingerprint density at radius 1 is 1.25 bits per heavy atom. The first-order valence-corrected chi connectivity index (χ1v) is 6.58. The van der Waals surface area contributed by atoms with Crippen LogP contribution in [0.1, 0.15) is 19.3 Å². The molecule has 2 aliphatic rings. The first-order valence-electron chi connectivity index (χ1n) is 6.58. The monoisotopic (exact) mass is 227 g/mol. The van der Waals surface area contributed by atoms with Crippen molar-refractivity contribution in [3.05, 3.63) is 0 Å². The Bertz CT molecular complexity index is 196. The molecule has 0 bridgehead atoms. The second-order valence-electron chi connectivity index (χ2n) is 5.07. The van der Waals surface area contributed by atoms with E-state index in [0.717, 1.165) is 19.0 Å². The van der Waals surface area contributed by atoms with Crippen LogP contribution < -0.4 is 5.32 Å². The number of piperazine rings is 1. The summed E-state index contributed by atoms with van der Waals surface area (Å²) in [5.41, 5.74) is 0. The van der Waals surface area contributed by atoms with E-state index in [1.165, 1.54) is 39.0 Å². The van der Waals surface area contributed by atoms with Gasteiger partial charge in [0.25, 0.3) is 0 Å². The lowest BCUT2D eigenvalue weighted by molar-refractivity contribution is 0.119. The maximum Gasteiger partial charge on any atom is 0.0585 e. The van der Waals surface area contributed by atoms with Gasteiger partial charge in [-0.1, -0.05) is 0 Å². The molecular weight excluding hydrogens is 202 g/mol. The molecule has 1 saturated heterocycles.